The zero-order valence-corrected chi connectivity index (χ0v) is 12.1. The Balaban J connectivity index is 2.47. The molecule has 0 aromatic heterocycles. The Morgan fingerprint density at radius 1 is 1.26 bits per heavy atom. The molecule has 106 valence electrons. The lowest BCUT2D eigenvalue weighted by Gasteiger charge is -2.13. The van der Waals surface area contributed by atoms with E-state index >= 15 is 0 Å². The van der Waals surface area contributed by atoms with Gasteiger partial charge in [-0.05, 0) is 24.0 Å². The summed E-state index contributed by atoms with van der Waals surface area (Å²) in [6.45, 7) is 4.03. The first-order chi connectivity index (χ1) is 8.91. The maximum Gasteiger partial charge on any atom is 0.233 e. The molecule has 0 amide bonds. The van der Waals surface area contributed by atoms with Crippen molar-refractivity contribution in [2.45, 2.75) is 26.4 Å². The largest absolute Gasteiger partial charge is 0.393 e. The van der Waals surface area contributed by atoms with Crippen LogP contribution in [-0.2, 0) is 10.0 Å². The topological polar surface area (TPSA) is 66.4 Å². The van der Waals surface area contributed by atoms with E-state index in [1.165, 1.54) is 0 Å². The van der Waals surface area contributed by atoms with Crippen LogP contribution in [0.3, 0.4) is 0 Å². The third-order valence-electron chi connectivity index (χ3n) is 2.75. The first-order valence-electron chi connectivity index (χ1n) is 6.31. The summed E-state index contributed by atoms with van der Waals surface area (Å²) in [4.78, 5) is 0. The van der Waals surface area contributed by atoms with Crippen LogP contribution in [0.15, 0.2) is 35.7 Å². The van der Waals surface area contributed by atoms with Crippen LogP contribution in [0.5, 0.6) is 0 Å². The number of rotatable bonds is 7. The highest BCUT2D eigenvalue weighted by Crippen LogP contribution is 2.05. The molecule has 0 aliphatic heterocycles. The fourth-order valence-electron chi connectivity index (χ4n) is 1.46. The average molecular weight is 283 g/mol. The summed E-state index contributed by atoms with van der Waals surface area (Å²) in [6.07, 6.45) is 1.47. The van der Waals surface area contributed by atoms with Gasteiger partial charge in [-0.2, -0.15) is 0 Å². The lowest BCUT2D eigenvalue weighted by atomic mass is 10.1. The molecule has 0 aliphatic rings. The molecule has 0 saturated heterocycles. The van der Waals surface area contributed by atoms with E-state index < -0.39 is 16.1 Å². The van der Waals surface area contributed by atoms with Crippen LogP contribution in [0.4, 0.5) is 0 Å². The predicted molar refractivity (Wildman–Crippen MR) is 77.9 cm³/mol. The molecule has 0 fully saturated rings. The fraction of sp³-hybridized carbons (Fsp3) is 0.429. The Kier molecular flexibility index (Phi) is 6.21. The standard InChI is InChI=1S/C14H21NO3S/c1-12(2)14(16)8-10-15-19(17,18)11-9-13-6-4-3-5-7-13/h3-7,9,11-12,14-16H,8,10H2,1-2H3/b11-9+. The maximum atomic E-state index is 11.7. The predicted octanol–water partition coefficient (Wildman–Crippen LogP) is 1.98. The number of nitrogens with one attached hydrogen (secondary N) is 1. The van der Waals surface area contributed by atoms with Crippen molar-refractivity contribution in [3.63, 3.8) is 0 Å². The molecule has 0 bridgehead atoms. The Hall–Kier alpha value is -1.17. The van der Waals surface area contributed by atoms with Gasteiger partial charge in [0.2, 0.25) is 10.0 Å². The smallest absolute Gasteiger partial charge is 0.233 e. The van der Waals surface area contributed by atoms with E-state index in [4.69, 9.17) is 0 Å². The summed E-state index contributed by atoms with van der Waals surface area (Å²) in [5, 5.41) is 10.7. The fourth-order valence-corrected chi connectivity index (χ4v) is 2.30. The molecule has 2 N–H and O–H groups in total. The summed E-state index contributed by atoms with van der Waals surface area (Å²) >= 11 is 0. The van der Waals surface area contributed by atoms with Crippen molar-refractivity contribution < 1.29 is 13.5 Å². The molecular formula is C14H21NO3S. The number of hydrogen-bond donors (Lipinski definition) is 2. The van der Waals surface area contributed by atoms with E-state index in [0.717, 1.165) is 11.0 Å². The number of sulfonamides is 1. The maximum absolute atomic E-state index is 11.7. The van der Waals surface area contributed by atoms with E-state index in [0.29, 0.717) is 6.42 Å². The molecule has 1 atom stereocenters. The quantitative estimate of drug-likeness (QED) is 0.804. The average Bonchev–Trinajstić information content (AvgIpc) is 2.37. The van der Waals surface area contributed by atoms with Gasteiger partial charge in [0.05, 0.1) is 6.10 Å². The number of benzene rings is 1. The van der Waals surface area contributed by atoms with Crippen LogP contribution >= 0.6 is 0 Å². The van der Waals surface area contributed by atoms with Gasteiger partial charge in [0, 0.05) is 12.0 Å². The van der Waals surface area contributed by atoms with Crippen LogP contribution in [0.2, 0.25) is 0 Å². The van der Waals surface area contributed by atoms with Gasteiger partial charge in [-0.1, -0.05) is 44.2 Å². The Morgan fingerprint density at radius 2 is 1.89 bits per heavy atom. The third-order valence-corrected chi connectivity index (χ3v) is 3.85. The molecule has 4 nitrogen and oxygen atoms in total. The summed E-state index contributed by atoms with van der Waals surface area (Å²) in [5.41, 5.74) is 0.829. The molecule has 0 radical (unpaired) electrons. The van der Waals surface area contributed by atoms with Crippen molar-refractivity contribution in [1.29, 1.82) is 0 Å². The summed E-state index contributed by atoms with van der Waals surface area (Å²) in [7, 11) is -3.44. The highest BCUT2D eigenvalue weighted by Gasteiger charge is 2.10. The number of aliphatic hydroxyl groups excluding tert-OH is 1. The van der Waals surface area contributed by atoms with Crippen molar-refractivity contribution in [2.75, 3.05) is 6.54 Å². The lowest BCUT2D eigenvalue weighted by molar-refractivity contribution is 0.118. The molecule has 0 aliphatic carbocycles. The Labute approximate surface area is 115 Å². The lowest BCUT2D eigenvalue weighted by Crippen LogP contribution is -2.27. The van der Waals surface area contributed by atoms with Crippen LogP contribution in [-0.4, -0.2) is 26.2 Å². The van der Waals surface area contributed by atoms with Crippen LogP contribution in [0.25, 0.3) is 6.08 Å². The second-order valence-electron chi connectivity index (χ2n) is 4.75. The molecule has 0 saturated carbocycles. The zero-order chi connectivity index (χ0) is 14.3. The molecule has 1 rings (SSSR count). The molecule has 19 heavy (non-hydrogen) atoms. The van der Waals surface area contributed by atoms with Gasteiger partial charge in [-0.25, -0.2) is 13.1 Å². The summed E-state index contributed by atoms with van der Waals surface area (Å²) in [5.74, 6) is 0.129. The van der Waals surface area contributed by atoms with Crippen LogP contribution in [0.1, 0.15) is 25.8 Å². The SMILES string of the molecule is CC(C)C(O)CCNS(=O)(=O)/C=C/c1ccccc1. The molecule has 1 aromatic carbocycles. The van der Waals surface area contributed by atoms with E-state index in [2.05, 4.69) is 4.72 Å². The van der Waals surface area contributed by atoms with Crippen LogP contribution < -0.4 is 4.72 Å². The van der Waals surface area contributed by atoms with Crippen molar-refractivity contribution >= 4 is 16.1 Å². The van der Waals surface area contributed by atoms with E-state index in [9.17, 15) is 13.5 Å². The van der Waals surface area contributed by atoms with Crippen molar-refractivity contribution in [1.82, 2.24) is 4.72 Å². The van der Waals surface area contributed by atoms with Crippen LogP contribution in [0, 0.1) is 5.92 Å². The molecule has 1 aromatic rings. The molecule has 0 spiro atoms. The molecular weight excluding hydrogens is 262 g/mol. The third kappa shape index (κ3) is 6.52. The highest BCUT2D eigenvalue weighted by molar-refractivity contribution is 7.92. The van der Waals surface area contributed by atoms with Gasteiger partial charge in [0.25, 0.3) is 0 Å². The minimum Gasteiger partial charge on any atom is -0.393 e. The number of aliphatic hydroxyl groups is 1. The van der Waals surface area contributed by atoms with Crippen molar-refractivity contribution in [2.24, 2.45) is 5.92 Å². The minimum absolute atomic E-state index is 0.129. The normalized spacial score (nSPS) is 14.1. The van der Waals surface area contributed by atoms with Crippen molar-refractivity contribution in [3.8, 4) is 0 Å². The van der Waals surface area contributed by atoms with Gasteiger partial charge in [-0.15, -0.1) is 0 Å². The molecule has 0 heterocycles. The monoisotopic (exact) mass is 283 g/mol. The van der Waals surface area contributed by atoms with Gasteiger partial charge >= 0.3 is 0 Å². The van der Waals surface area contributed by atoms with E-state index in [1.807, 2.05) is 44.2 Å². The first-order valence-corrected chi connectivity index (χ1v) is 7.86. The van der Waals surface area contributed by atoms with Gasteiger partial charge in [-0.3, -0.25) is 0 Å². The Morgan fingerprint density at radius 3 is 2.47 bits per heavy atom. The van der Waals surface area contributed by atoms with Gasteiger partial charge in [0.15, 0.2) is 0 Å². The van der Waals surface area contributed by atoms with Crippen molar-refractivity contribution in [3.05, 3.63) is 41.3 Å². The van der Waals surface area contributed by atoms with Gasteiger partial charge < -0.3 is 5.11 Å². The first kappa shape index (κ1) is 15.9. The zero-order valence-electron chi connectivity index (χ0n) is 11.3. The number of hydrogen-bond acceptors (Lipinski definition) is 3. The summed E-state index contributed by atoms with van der Waals surface area (Å²) in [6, 6.07) is 9.22. The van der Waals surface area contributed by atoms with Gasteiger partial charge in [0.1, 0.15) is 0 Å². The Bertz CT molecular complexity index is 495. The highest BCUT2D eigenvalue weighted by atomic mass is 32.2. The molecule has 1 unspecified atom stereocenters. The second-order valence-corrected chi connectivity index (χ2v) is 6.40. The van der Waals surface area contributed by atoms with E-state index in [-0.39, 0.29) is 12.5 Å². The second kappa shape index (κ2) is 7.43. The minimum atomic E-state index is -3.44. The molecule has 5 heteroatoms. The van der Waals surface area contributed by atoms with E-state index in [1.54, 1.807) is 6.08 Å². The summed E-state index contributed by atoms with van der Waals surface area (Å²) < 4.78 is 25.8.